The Kier molecular flexibility index (Phi) is 6.01. The van der Waals surface area contributed by atoms with Gasteiger partial charge in [-0.3, -0.25) is 4.79 Å². The van der Waals surface area contributed by atoms with Crippen molar-refractivity contribution in [2.45, 2.75) is 16.3 Å². The molecule has 0 saturated heterocycles. The van der Waals surface area contributed by atoms with Crippen LogP contribution in [0.1, 0.15) is 0 Å². The summed E-state index contributed by atoms with van der Waals surface area (Å²) < 4.78 is 64.7. The standard InChI is InChI=1S/C18H18N2O7S3/c1-26-12-4-6-13(7-5-12)30(24,25)19-18-20(11-17(21)27-2)15-9-8-14(29(3,22)23)10-16(15)28-18/h4-10H,11H2,1-3H3. The summed E-state index contributed by atoms with van der Waals surface area (Å²) in [6.07, 6.45) is 1.07. The number of sulfone groups is 1. The lowest BCUT2D eigenvalue weighted by molar-refractivity contribution is -0.141. The predicted molar refractivity (Wildman–Crippen MR) is 111 cm³/mol. The average molecular weight is 471 g/mol. The van der Waals surface area contributed by atoms with Crippen LogP contribution in [-0.4, -0.2) is 47.8 Å². The first kappa shape index (κ1) is 22.0. The van der Waals surface area contributed by atoms with Crippen molar-refractivity contribution in [3.8, 4) is 5.75 Å². The lowest BCUT2D eigenvalue weighted by Gasteiger charge is -2.05. The van der Waals surface area contributed by atoms with Gasteiger partial charge in [-0.15, -0.1) is 4.40 Å². The second-order valence-electron chi connectivity index (χ2n) is 6.19. The molecule has 0 aliphatic carbocycles. The number of nitrogens with zero attached hydrogens (tertiary/aromatic N) is 2. The Balaban J connectivity index is 2.23. The van der Waals surface area contributed by atoms with Crippen molar-refractivity contribution in [1.82, 2.24) is 4.57 Å². The minimum Gasteiger partial charge on any atom is -0.497 e. The lowest BCUT2D eigenvalue weighted by atomic mass is 10.3. The lowest BCUT2D eigenvalue weighted by Crippen LogP contribution is -2.22. The zero-order chi connectivity index (χ0) is 22.1. The molecule has 0 fully saturated rings. The predicted octanol–water partition coefficient (Wildman–Crippen LogP) is 1.58. The van der Waals surface area contributed by atoms with Crippen molar-refractivity contribution in [2.75, 3.05) is 20.5 Å². The number of rotatable bonds is 6. The smallest absolute Gasteiger partial charge is 0.325 e. The van der Waals surface area contributed by atoms with Crippen LogP contribution in [0.2, 0.25) is 0 Å². The summed E-state index contributed by atoms with van der Waals surface area (Å²) in [6.45, 7) is -0.286. The maximum absolute atomic E-state index is 12.8. The molecule has 0 bridgehead atoms. The van der Waals surface area contributed by atoms with Crippen molar-refractivity contribution in [3.63, 3.8) is 0 Å². The Morgan fingerprint density at radius 2 is 1.67 bits per heavy atom. The molecule has 0 aliphatic heterocycles. The molecular formula is C18H18N2O7S3. The fraction of sp³-hybridized carbons (Fsp3) is 0.222. The summed E-state index contributed by atoms with van der Waals surface area (Å²) >= 11 is 0.956. The van der Waals surface area contributed by atoms with Crippen LogP contribution >= 0.6 is 11.3 Å². The van der Waals surface area contributed by atoms with E-state index in [4.69, 9.17) is 4.74 Å². The third kappa shape index (κ3) is 4.55. The number of hydrogen-bond donors (Lipinski definition) is 0. The van der Waals surface area contributed by atoms with E-state index in [0.717, 1.165) is 17.6 Å². The number of hydrogen-bond acceptors (Lipinski definition) is 8. The van der Waals surface area contributed by atoms with Crippen molar-refractivity contribution in [2.24, 2.45) is 4.40 Å². The molecule has 3 aromatic rings. The molecule has 0 radical (unpaired) electrons. The average Bonchev–Trinajstić information content (AvgIpc) is 3.02. The second-order valence-corrected chi connectivity index (χ2v) is 10.8. The van der Waals surface area contributed by atoms with Crippen LogP contribution in [-0.2, 0) is 35.9 Å². The third-order valence-corrected chi connectivity index (χ3v) is 7.70. The van der Waals surface area contributed by atoms with Gasteiger partial charge in [-0.2, -0.15) is 8.42 Å². The molecule has 0 unspecified atom stereocenters. The molecule has 30 heavy (non-hydrogen) atoms. The van der Waals surface area contributed by atoms with E-state index in [1.165, 1.54) is 61.3 Å². The summed E-state index contributed by atoms with van der Waals surface area (Å²) in [5.41, 5.74) is 0.460. The zero-order valence-corrected chi connectivity index (χ0v) is 18.7. The molecule has 0 atom stereocenters. The van der Waals surface area contributed by atoms with Gasteiger partial charge >= 0.3 is 5.97 Å². The first-order valence-electron chi connectivity index (χ1n) is 8.40. The normalized spacial score (nSPS) is 12.8. The van der Waals surface area contributed by atoms with Gasteiger partial charge in [-0.25, -0.2) is 8.42 Å². The van der Waals surface area contributed by atoms with Crippen LogP contribution in [0.4, 0.5) is 0 Å². The Bertz CT molecular complexity index is 1380. The van der Waals surface area contributed by atoms with Crippen LogP contribution in [0.3, 0.4) is 0 Å². The van der Waals surface area contributed by atoms with E-state index in [1.807, 2.05) is 0 Å². The minimum absolute atomic E-state index is 0.0110. The van der Waals surface area contributed by atoms with Gasteiger partial charge in [0.05, 0.1) is 34.2 Å². The van der Waals surface area contributed by atoms with E-state index < -0.39 is 25.8 Å². The Morgan fingerprint density at radius 3 is 2.23 bits per heavy atom. The maximum Gasteiger partial charge on any atom is 0.325 e. The molecule has 0 N–H and O–H groups in total. The summed E-state index contributed by atoms with van der Waals surface area (Å²) in [5.74, 6) is -0.116. The number of sulfonamides is 1. The highest BCUT2D eigenvalue weighted by Gasteiger charge is 2.18. The summed E-state index contributed by atoms with van der Waals surface area (Å²) in [4.78, 5) is 11.9. The zero-order valence-electron chi connectivity index (χ0n) is 16.2. The van der Waals surface area contributed by atoms with Crippen molar-refractivity contribution < 1.29 is 31.1 Å². The van der Waals surface area contributed by atoms with Crippen LogP contribution in [0.15, 0.2) is 56.7 Å². The van der Waals surface area contributed by atoms with Gasteiger partial charge in [0.2, 0.25) is 4.80 Å². The number of thiazole rings is 1. The third-order valence-electron chi connectivity index (χ3n) is 4.15. The van der Waals surface area contributed by atoms with Crippen molar-refractivity contribution in [3.05, 3.63) is 47.3 Å². The number of esters is 1. The minimum atomic E-state index is -4.10. The van der Waals surface area contributed by atoms with Crippen LogP contribution in [0, 0.1) is 0 Å². The molecule has 9 nitrogen and oxygen atoms in total. The van der Waals surface area contributed by atoms with Gasteiger partial charge in [0.1, 0.15) is 12.3 Å². The molecule has 0 saturated carbocycles. The van der Waals surface area contributed by atoms with Gasteiger partial charge in [-0.1, -0.05) is 11.3 Å². The number of fused-ring (bicyclic) bond motifs is 1. The molecule has 12 heteroatoms. The Labute approximate surface area is 177 Å². The van der Waals surface area contributed by atoms with E-state index in [0.29, 0.717) is 16.0 Å². The van der Waals surface area contributed by atoms with Crippen LogP contribution < -0.4 is 9.54 Å². The Morgan fingerprint density at radius 1 is 1.03 bits per heavy atom. The van der Waals surface area contributed by atoms with E-state index in [9.17, 15) is 21.6 Å². The largest absolute Gasteiger partial charge is 0.497 e. The fourth-order valence-corrected chi connectivity index (χ4v) is 5.60. The van der Waals surface area contributed by atoms with Gasteiger partial charge in [-0.05, 0) is 42.5 Å². The molecule has 3 rings (SSSR count). The fourth-order valence-electron chi connectivity index (χ4n) is 2.60. The number of ether oxygens (including phenoxy) is 2. The van der Waals surface area contributed by atoms with Gasteiger partial charge in [0, 0.05) is 6.26 Å². The van der Waals surface area contributed by atoms with Gasteiger partial charge in [0.25, 0.3) is 10.0 Å². The van der Waals surface area contributed by atoms with Gasteiger partial charge < -0.3 is 14.0 Å². The molecule has 1 aromatic heterocycles. The number of methoxy groups -OCH3 is 2. The number of aromatic nitrogens is 1. The maximum atomic E-state index is 12.8. The van der Waals surface area contributed by atoms with Crippen LogP contribution in [0.25, 0.3) is 10.2 Å². The summed E-state index contributed by atoms with van der Waals surface area (Å²) in [7, 11) is -4.89. The van der Waals surface area contributed by atoms with E-state index in [1.54, 1.807) is 0 Å². The molecule has 0 amide bonds. The van der Waals surface area contributed by atoms with Crippen LogP contribution in [0.5, 0.6) is 5.75 Å². The van der Waals surface area contributed by atoms with Crippen molar-refractivity contribution >= 4 is 47.4 Å². The number of benzene rings is 2. The SMILES string of the molecule is COC(=O)Cn1c(=NS(=O)(=O)c2ccc(OC)cc2)sc2cc(S(C)(=O)=O)ccc21. The molecule has 0 aliphatic rings. The first-order valence-corrected chi connectivity index (χ1v) is 12.6. The van der Waals surface area contributed by atoms with E-state index >= 15 is 0 Å². The highest BCUT2D eigenvalue weighted by Crippen LogP contribution is 2.23. The summed E-state index contributed by atoms with van der Waals surface area (Å²) in [6, 6.07) is 10.0. The van der Waals surface area contributed by atoms with E-state index in [-0.39, 0.29) is 21.1 Å². The molecule has 0 spiro atoms. The summed E-state index contributed by atoms with van der Waals surface area (Å²) in [5, 5.41) is 0. The number of carbonyl (C=O) groups excluding carboxylic acids is 1. The molecule has 1 heterocycles. The first-order chi connectivity index (χ1) is 14.0. The Hall–Kier alpha value is -2.70. The quantitative estimate of drug-likeness (QED) is 0.501. The highest BCUT2D eigenvalue weighted by atomic mass is 32.2. The molecule has 2 aromatic carbocycles. The molecule has 160 valence electrons. The number of carbonyl (C=O) groups is 1. The van der Waals surface area contributed by atoms with Crippen molar-refractivity contribution in [1.29, 1.82) is 0 Å². The molecular weight excluding hydrogens is 452 g/mol. The van der Waals surface area contributed by atoms with E-state index in [2.05, 4.69) is 9.13 Å². The second kappa shape index (κ2) is 8.20. The van der Waals surface area contributed by atoms with Gasteiger partial charge in [0.15, 0.2) is 9.84 Å². The topological polar surface area (TPSA) is 121 Å². The highest BCUT2D eigenvalue weighted by molar-refractivity contribution is 7.90. The monoisotopic (exact) mass is 470 g/mol.